The smallest absolute Gasteiger partial charge is 0 e. The zero-order chi connectivity index (χ0) is 0. The molecule has 0 aromatic rings. The van der Waals surface area contributed by atoms with E-state index < -0.39 is 0 Å². The molecule has 0 fully saturated rings. The van der Waals surface area contributed by atoms with Crippen LogP contribution in [0.5, 0.6) is 0 Å². The molecule has 0 aliphatic carbocycles. The second-order valence-electron chi connectivity index (χ2n) is 0. The fourth-order valence-electron chi connectivity index (χ4n) is 0. The fraction of sp³-hybridized carbons (Fsp3) is 0. The Morgan fingerprint density at radius 3 is 0.143 bits per heavy atom. The fourth-order valence-corrected chi connectivity index (χ4v) is 0. The van der Waals surface area contributed by atoms with Gasteiger partial charge in [-0.05, 0) is 0 Å². The molecule has 7 heteroatoms. The molecule has 0 nitrogen and oxygen atoms in total. The van der Waals surface area contributed by atoms with Crippen molar-refractivity contribution in [2.45, 2.75) is 0 Å². The third-order valence-electron chi connectivity index (χ3n) is 0. The second-order valence-corrected chi connectivity index (χ2v) is 0. The number of rotatable bonds is 0. The Balaban J connectivity index is 0. The van der Waals surface area contributed by atoms with E-state index in [-0.39, 0.29) is 132 Å². The molecule has 0 rings (SSSR count). The van der Waals surface area contributed by atoms with Gasteiger partial charge in [-0.25, -0.2) is 0 Å². The van der Waals surface area contributed by atoms with E-state index in [0.717, 1.165) is 0 Å². The SMILES string of the molecule is [Li].[Li].[Li].[Li].[Li].[Li].[Li]. The molecular formula is Li7. The van der Waals surface area contributed by atoms with Gasteiger partial charge in [0.2, 0.25) is 0 Å². The molecule has 7 valence electrons. The summed E-state index contributed by atoms with van der Waals surface area (Å²) in [5.74, 6) is 0. The van der Waals surface area contributed by atoms with Crippen LogP contribution in [0.1, 0.15) is 0 Å². The zero-order valence-electron chi connectivity index (χ0n) is 7.00. The summed E-state index contributed by atoms with van der Waals surface area (Å²) < 4.78 is 0. The van der Waals surface area contributed by atoms with Gasteiger partial charge in [0.1, 0.15) is 0 Å². The molecule has 7 radical (unpaired) electrons. The maximum atomic E-state index is 0. The summed E-state index contributed by atoms with van der Waals surface area (Å²) in [6, 6.07) is 0. The molecule has 7 heavy (non-hydrogen) atoms. The second kappa shape index (κ2) is 49.1. The Hall–Kier alpha value is 4.18. The van der Waals surface area contributed by atoms with E-state index >= 15 is 0 Å². The van der Waals surface area contributed by atoms with Crippen molar-refractivity contribution in [3.63, 3.8) is 0 Å². The first-order valence-electron chi connectivity index (χ1n) is 0. The summed E-state index contributed by atoms with van der Waals surface area (Å²) in [5, 5.41) is 0. The van der Waals surface area contributed by atoms with Crippen LogP contribution in [-0.2, 0) is 0 Å². The van der Waals surface area contributed by atoms with Gasteiger partial charge in [-0.2, -0.15) is 0 Å². The van der Waals surface area contributed by atoms with Gasteiger partial charge in [0.15, 0.2) is 0 Å². The van der Waals surface area contributed by atoms with Crippen molar-refractivity contribution < 1.29 is 0 Å². The van der Waals surface area contributed by atoms with Gasteiger partial charge in [0.25, 0.3) is 0 Å². The Labute approximate surface area is 129 Å². The quantitative estimate of drug-likeness (QED) is 0.262. The van der Waals surface area contributed by atoms with Crippen LogP contribution in [0.15, 0.2) is 0 Å². The third-order valence-corrected chi connectivity index (χ3v) is 0. The minimum Gasteiger partial charge on any atom is 0 e. The molecule has 0 bridgehead atoms. The average molecular weight is 48.6 g/mol. The van der Waals surface area contributed by atoms with E-state index in [4.69, 9.17) is 0 Å². The van der Waals surface area contributed by atoms with Crippen molar-refractivity contribution in [1.29, 1.82) is 0 Å². The summed E-state index contributed by atoms with van der Waals surface area (Å²) in [4.78, 5) is 0. The normalized spacial score (nSPS) is 0. The topological polar surface area (TPSA) is 0 Å². The van der Waals surface area contributed by atoms with E-state index in [2.05, 4.69) is 0 Å². The van der Waals surface area contributed by atoms with Crippen LogP contribution in [-0.4, -0.2) is 132 Å². The van der Waals surface area contributed by atoms with Gasteiger partial charge >= 0.3 is 0 Å². The van der Waals surface area contributed by atoms with E-state index in [1.54, 1.807) is 0 Å². The van der Waals surface area contributed by atoms with Gasteiger partial charge < -0.3 is 0 Å². The zero-order valence-corrected chi connectivity index (χ0v) is 7.00. The van der Waals surface area contributed by atoms with Crippen LogP contribution < -0.4 is 0 Å². The summed E-state index contributed by atoms with van der Waals surface area (Å²) in [6.07, 6.45) is 0. The molecule has 0 amide bonds. The Morgan fingerprint density at radius 2 is 0.143 bits per heavy atom. The Kier molecular flexibility index (Phi) is 465. The van der Waals surface area contributed by atoms with Crippen molar-refractivity contribution >= 4 is 132 Å². The summed E-state index contributed by atoms with van der Waals surface area (Å²) >= 11 is 0. The minimum atomic E-state index is 0. The molecule has 0 aromatic carbocycles. The maximum absolute atomic E-state index is 0. The largest absolute Gasteiger partial charge is 0 e. The van der Waals surface area contributed by atoms with Crippen molar-refractivity contribution in [2.24, 2.45) is 0 Å². The molecule has 0 spiro atoms. The molecule has 0 aliphatic rings. The van der Waals surface area contributed by atoms with Crippen molar-refractivity contribution in [3.8, 4) is 0 Å². The number of hydrogen-bond acceptors (Lipinski definition) is 0. The summed E-state index contributed by atoms with van der Waals surface area (Å²) in [7, 11) is 0. The number of hydrogen-bond donors (Lipinski definition) is 0. The minimum absolute atomic E-state index is 0. The molecule has 0 unspecified atom stereocenters. The first kappa shape index (κ1) is 66.3. The van der Waals surface area contributed by atoms with Gasteiger partial charge in [0.05, 0.1) is 0 Å². The predicted molar refractivity (Wildman–Crippen MR) is 40.3 cm³/mol. The molecule has 0 aliphatic heterocycles. The first-order chi connectivity index (χ1) is 0. The Bertz CT molecular complexity index is 0. The van der Waals surface area contributed by atoms with Crippen LogP contribution in [0.3, 0.4) is 0 Å². The summed E-state index contributed by atoms with van der Waals surface area (Å²) in [6.45, 7) is 0. The standard InChI is InChI=1S/7Li. The Morgan fingerprint density at radius 1 is 0.143 bits per heavy atom. The van der Waals surface area contributed by atoms with E-state index in [1.807, 2.05) is 0 Å². The van der Waals surface area contributed by atoms with Crippen LogP contribution in [0.25, 0.3) is 0 Å². The molecule has 0 aromatic heterocycles. The molecule has 0 atom stereocenters. The molecule has 0 N–H and O–H groups in total. The molecular weight excluding hydrogens is 48.6 g/mol. The maximum Gasteiger partial charge on any atom is 0 e. The van der Waals surface area contributed by atoms with Gasteiger partial charge in [-0.3, -0.25) is 0 Å². The van der Waals surface area contributed by atoms with Gasteiger partial charge in [-0.1, -0.05) is 0 Å². The predicted octanol–water partition coefficient (Wildman–Crippen LogP) is -2.67. The van der Waals surface area contributed by atoms with Crippen molar-refractivity contribution in [3.05, 3.63) is 0 Å². The van der Waals surface area contributed by atoms with Crippen LogP contribution in [0, 0.1) is 0 Å². The van der Waals surface area contributed by atoms with E-state index in [0.29, 0.717) is 0 Å². The van der Waals surface area contributed by atoms with Crippen molar-refractivity contribution in [2.75, 3.05) is 0 Å². The molecule has 0 saturated carbocycles. The van der Waals surface area contributed by atoms with E-state index in [1.165, 1.54) is 0 Å². The average Bonchev–Trinajstić information content (AvgIpc) is 0. The van der Waals surface area contributed by atoms with Crippen LogP contribution in [0.4, 0.5) is 0 Å². The first-order valence-corrected chi connectivity index (χ1v) is 0. The molecule has 0 heterocycles. The van der Waals surface area contributed by atoms with Crippen molar-refractivity contribution in [1.82, 2.24) is 0 Å². The van der Waals surface area contributed by atoms with Crippen LogP contribution >= 0.6 is 0 Å². The van der Waals surface area contributed by atoms with E-state index in [9.17, 15) is 0 Å². The molecule has 0 saturated heterocycles. The third kappa shape index (κ3) is 39.0. The summed E-state index contributed by atoms with van der Waals surface area (Å²) in [5.41, 5.74) is 0. The van der Waals surface area contributed by atoms with Gasteiger partial charge in [0, 0.05) is 132 Å². The van der Waals surface area contributed by atoms with Crippen LogP contribution in [0.2, 0.25) is 0 Å². The van der Waals surface area contributed by atoms with Gasteiger partial charge in [-0.15, -0.1) is 0 Å². The monoisotopic (exact) mass is 49.1 g/mol.